The van der Waals surface area contributed by atoms with Gasteiger partial charge in [0.1, 0.15) is 17.7 Å². The van der Waals surface area contributed by atoms with Crippen LogP contribution in [0.15, 0.2) is 30.6 Å². The molecule has 0 spiro atoms. The fourth-order valence-corrected chi connectivity index (χ4v) is 2.78. The van der Waals surface area contributed by atoms with Crippen LogP contribution in [0.1, 0.15) is 23.7 Å². The molecular weight excluding hydrogens is 252 g/mol. The zero-order chi connectivity index (χ0) is 13.5. The van der Waals surface area contributed by atoms with E-state index in [0.717, 1.165) is 24.3 Å². The Morgan fingerprint density at radius 1 is 1.20 bits per heavy atom. The van der Waals surface area contributed by atoms with Gasteiger partial charge >= 0.3 is 0 Å². The van der Waals surface area contributed by atoms with Gasteiger partial charge in [-0.15, -0.1) is 0 Å². The number of fused-ring (bicyclic) bond motifs is 2. The number of rotatable bonds is 1. The molecule has 0 aliphatic carbocycles. The van der Waals surface area contributed by atoms with Crippen LogP contribution < -0.4 is 11.1 Å². The van der Waals surface area contributed by atoms with Crippen molar-refractivity contribution in [1.82, 2.24) is 19.9 Å². The van der Waals surface area contributed by atoms with Crippen molar-refractivity contribution in [2.24, 2.45) is 0 Å². The van der Waals surface area contributed by atoms with Gasteiger partial charge in [0.05, 0.1) is 0 Å². The lowest BCUT2D eigenvalue weighted by molar-refractivity contribution is 0.686. The zero-order valence-corrected chi connectivity index (χ0v) is 10.8. The van der Waals surface area contributed by atoms with Gasteiger partial charge in [-0.3, -0.25) is 0 Å². The van der Waals surface area contributed by atoms with E-state index in [9.17, 15) is 0 Å². The number of anilines is 2. The van der Waals surface area contributed by atoms with Crippen LogP contribution in [0, 0.1) is 0 Å². The van der Waals surface area contributed by atoms with Crippen molar-refractivity contribution < 1.29 is 0 Å². The summed E-state index contributed by atoms with van der Waals surface area (Å²) in [5.41, 5.74) is 9.63. The van der Waals surface area contributed by atoms with Crippen LogP contribution in [0.5, 0.6) is 0 Å². The van der Waals surface area contributed by atoms with Gasteiger partial charge in [-0.05, 0) is 18.1 Å². The number of imidazole rings is 1. The molecule has 1 aliphatic rings. The highest BCUT2D eigenvalue weighted by Crippen LogP contribution is 2.35. The molecule has 0 fully saturated rings. The van der Waals surface area contributed by atoms with Gasteiger partial charge in [0.2, 0.25) is 0 Å². The lowest BCUT2D eigenvalue weighted by Gasteiger charge is -2.25. The third-order valence-electron chi connectivity index (χ3n) is 3.75. The number of nitrogens with two attached hydrogens (primary N) is 1. The van der Waals surface area contributed by atoms with Crippen molar-refractivity contribution in [1.29, 1.82) is 0 Å². The number of aromatic amines is 1. The summed E-state index contributed by atoms with van der Waals surface area (Å²) >= 11 is 0. The van der Waals surface area contributed by atoms with Crippen molar-refractivity contribution in [3.05, 3.63) is 42.0 Å². The number of aromatic nitrogens is 4. The molecule has 1 unspecified atom stereocenters. The number of nitrogens with zero attached hydrogens (tertiary/aromatic N) is 3. The maximum Gasteiger partial charge on any atom is 0.183 e. The second kappa shape index (κ2) is 4.19. The summed E-state index contributed by atoms with van der Waals surface area (Å²) in [6, 6.07) is 8.32. The molecule has 2 aromatic heterocycles. The van der Waals surface area contributed by atoms with E-state index in [0.29, 0.717) is 11.5 Å². The first-order valence-corrected chi connectivity index (χ1v) is 6.62. The Bertz CT molecular complexity index is 778. The molecule has 1 aromatic carbocycles. The predicted octanol–water partition coefficient (Wildman–Crippen LogP) is 1.88. The van der Waals surface area contributed by atoms with E-state index in [1.165, 1.54) is 17.6 Å². The fraction of sp³-hybridized carbons (Fsp3) is 0.214. The Morgan fingerprint density at radius 3 is 3.00 bits per heavy atom. The maximum absolute atomic E-state index is 5.86. The van der Waals surface area contributed by atoms with Gasteiger partial charge in [0.25, 0.3) is 0 Å². The molecule has 1 atom stereocenters. The van der Waals surface area contributed by atoms with Crippen LogP contribution in [0.3, 0.4) is 0 Å². The number of nitrogens with one attached hydrogen (secondary N) is 2. The van der Waals surface area contributed by atoms with Crippen molar-refractivity contribution in [2.75, 3.05) is 17.6 Å². The van der Waals surface area contributed by atoms with Crippen molar-refractivity contribution in [3.8, 4) is 0 Å². The first-order chi connectivity index (χ1) is 9.83. The van der Waals surface area contributed by atoms with Crippen LogP contribution in [-0.4, -0.2) is 26.5 Å². The molecule has 4 rings (SSSR count). The smallest absolute Gasteiger partial charge is 0.183 e. The van der Waals surface area contributed by atoms with Crippen molar-refractivity contribution in [3.63, 3.8) is 0 Å². The van der Waals surface area contributed by atoms with Crippen LogP contribution in [0.25, 0.3) is 11.2 Å². The molecule has 6 nitrogen and oxygen atoms in total. The molecule has 0 bridgehead atoms. The zero-order valence-electron chi connectivity index (χ0n) is 10.8. The summed E-state index contributed by atoms with van der Waals surface area (Å²) in [6.07, 6.45) is 2.43. The fourth-order valence-electron chi connectivity index (χ4n) is 2.78. The van der Waals surface area contributed by atoms with Gasteiger partial charge in [-0.25, -0.2) is 15.0 Å². The molecule has 3 aromatic rings. The third-order valence-corrected chi connectivity index (χ3v) is 3.75. The van der Waals surface area contributed by atoms with E-state index < -0.39 is 0 Å². The number of H-pyrrole nitrogens is 1. The number of para-hydroxylation sites is 1. The first-order valence-electron chi connectivity index (χ1n) is 6.62. The lowest BCUT2D eigenvalue weighted by Crippen LogP contribution is -2.18. The van der Waals surface area contributed by atoms with Gasteiger partial charge in [-0.2, -0.15) is 0 Å². The molecule has 0 amide bonds. The Hall–Kier alpha value is -2.63. The molecule has 20 heavy (non-hydrogen) atoms. The average molecular weight is 266 g/mol. The summed E-state index contributed by atoms with van der Waals surface area (Å²) in [6.45, 7) is 0.930. The lowest BCUT2D eigenvalue weighted by atomic mass is 9.90. The average Bonchev–Trinajstić information content (AvgIpc) is 2.92. The Morgan fingerprint density at radius 2 is 2.10 bits per heavy atom. The largest absolute Gasteiger partial charge is 0.385 e. The normalized spacial score (nSPS) is 17.7. The van der Waals surface area contributed by atoms with Crippen LogP contribution in [0.2, 0.25) is 0 Å². The Kier molecular flexibility index (Phi) is 2.35. The minimum Gasteiger partial charge on any atom is -0.385 e. The van der Waals surface area contributed by atoms with E-state index in [-0.39, 0.29) is 5.92 Å². The van der Waals surface area contributed by atoms with Crippen LogP contribution in [-0.2, 0) is 0 Å². The number of benzene rings is 1. The molecule has 4 N–H and O–H groups in total. The molecule has 1 aliphatic heterocycles. The minimum absolute atomic E-state index is 0.237. The summed E-state index contributed by atoms with van der Waals surface area (Å²) in [5, 5.41) is 3.41. The minimum atomic E-state index is 0.237. The molecule has 0 saturated heterocycles. The molecule has 0 radical (unpaired) electrons. The number of nitrogen functional groups attached to an aromatic ring is 1. The summed E-state index contributed by atoms with van der Waals surface area (Å²) < 4.78 is 0. The summed E-state index contributed by atoms with van der Waals surface area (Å²) in [7, 11) is 0. The topological polar surface area (TPSA) is 92.5 Å². The van der Waals surface area contributed by atoms with Gasteiger partial charge in [0.15, 0.2) is 11.5 Å². The van der Waals surface area contributed by atoms with Gasteiger partial charge < -0.3 is 16.0 Å². The quantitative estimate of drug-likeness (QED) is 0.625. The van der Waals surface area contributed by atoms with Crippen molar-refractivity contribution >= 4 is 22.7 Å². The molecule has 100 valence electrons. The Balaban J connectivity index is 1.86. The summed E-state index contributed by atoms with van der Waals surface area (Å²) in [5.74, 6) is 1.58. The van der Waals surface area contributed by atoms with Gasteiger partial charge in [0, 0.05) is 18.2 Å². The summed E-state index contributed by atoms with van der Waals surface area (Å²) in [4.78, 5) is 16.0. The molecule has 3 heterocycles. The highest BCUT2D eigenvalue weighted by Gasteiger charge is 2.24. The second-order valence-corrected chi connectivity index (χ2v) is 4.93. The first kappa shape index (κ1) is 11.2. The number of hydrogen-bond donors (Lipinski definition) is 3. The predicted molar refractivity (Wildman–Crippen MR) is 77.5 cm³/mol. The van der Waals surface area contributed by atoms with Crippen LogP contribution in [0.4, 0.5) is 11.5 Å². The standard InChI is InChI=1S/C14H14N6/c15-12-11-14(18-7-17-12)20-13(19-11)9-5-6-16-10-4-2-1-3-8(9)10/h1-4,7,9,16H,5-6H2,(H3,15,17,18,19,20). The monoisotopic (exact) mass is 266 g/mol. The molecule has 6 heteroatoms. The highest BCUT2D eigenvalue weighted by atomic mass is 15.1. The highest BCUT2D eigenvalue weighted by molar-refractivity contribution is 5.81. The molecular formula is C14H14N6. The number of hydrogen-bond acceptors (Lipinski definition) is 5. The third kappa shape index (κ3) is 1.61. The van der Waals surface area contributed by atoms with E-state index in [1.54, 1.807) is 0 Å². The second-order valence-electron chi connectivity index (χ2n) is 4.93. The van der Waals surface area contributed by atoms with Crippen LogP contribution >= 0.6 is 0 Å². The molecule has 0 saturated carbocycles. The van der Waals surface area contributed by atoms with E-state index in [4.69, 9.17) is 5.73 Å². The SMILES string of the molecule is Nc1ncnc2nc(C3CCNc4ccccc43)[nH]c12. The van der Waals surface area contributed by atoms with E-state index in [2.05, 4.69) is 43.5 Å². The van der Waals surface area contributed by atoms with E-state index >= 15 is 0 Å². The van der Waals surface area contributed by atoms with E-state index in [1.807, 2.05) is 6.07 Å². The van der Waals surface area contributed by atoms with Gasteiger partial charge in [-0.1, -0.05) is 18.2 Å². The maximum atomic E-state index is 5.86. The Labute approximate surface area is 115 Å². The van der Waals surface area contributed by atoms with Crippen molar-refractivity contribution in [2.45, 2.75) is 12.3 Å².